The number of amides is 1. The van der Waals surface area contributed by atoms with E-state index in [9.17, 15) is 22.8 Å². The summed E-state index contributed by atoms with van der Waals surface area (Å²) < 4.78 is 41.3. The third-order valence-electron chi connectivity index (χ3n) is 2.40. The smallest absolute Gasteiger partial charge is 0.419 e. The zero-order chi connectivity index (χ0) is 14.1. The largest absolute Gasteiger partial charge is 0.480 e. The lowest BCUT2D eigenvalue weighted by atomic mass is 10.2. The first-order valence-corrected chi connectivity index (χ1v) is 4.80. The Morgan fingerprint density at radius 2 is 2.00 bits per heavy atom. The molecule has 8 heteroatoms. The van der Waals surface area contributed by atoms with Gasteiger partial charge in [0.15, 0.2) is 5.76 Å². The first-order chi connectivity index (χ1) is 8.14. The number of furan rings is 1. The molecule has 0 fully saturated rings. The summed E-state index contributed by atoms with van der Waals surface area (Å²) in [5.41, 5.74) is -1.10. The topological polar surface area (TPSA) is 70.8 Å². The highest BCUT2D eigenvalue weighted by Gasteiger charge is 2.34. The molecule has 0 spiro atoms. The predicted octanol–water partition coefficient (Wildman–Crippen LogP) is 1.84. The van der Waals surface area contributed by atoms with Gasteiger partial charge in [-0.2, -0.15) is 13.2 Å². The standard InChI is InChI=1S/C10H10F3NO4/c1-5(9(16)17)14(2)8(15)7-3-6(4-18-7)10(11,12)13/h3-5H,1-2H3,(H,16,17). The van der Waals surface area contributed by atoms with Crippen molar-refractivity contribution in [2.24, 2.45) is 0 Å². The molecule has 0 bridgehead atoms. The van der Waals surface area contributed by atoms with Gasteiger partial charge < -0.3 is 14.4 Å². The van der Waals surface area contributed by atoms with Gasteiger partial charge in [-0.3, -0.25) is 4.79 Å². The molecule has 0 aromatic carbocycles. The minimum atomic E-state index is -4.61. The third kappa shape index (κ3) is 2.82. The minimum Gasteiger partial charge on any atom is -0.480 e. The number of carboxylic acid groups (broad SMARTS) is 1. The zero-order valence-electron chi connectivity index (χ0n) is 9.49. The average molecular weight is 265 g/mol. The summed E-state index contributed by atoms with van der Waals surface area (Å²) in [7, 11) is 1.16. The summed E-state index contributed by atoms with van der Waals surface area (Å²) in [5.74, 6) is -2.76. The van der Waals surface area contributed by atoms with E-state index in [2.05, 4.69) is 4.42 Å². The average Bonchev–Trinajstić information content (AvgIpc) is 2.74. The maximum Gasteiger partial charge on any atom is 0.419 e. The van der Waals surface area contributed by atoms with E-state index in [0.717, 1.165) is 11.9 Å². The van der Waals surface area contributed by atoms with Crippen molar-refractivity contribution in [3.05, 3.63) is 23.7 Å². The van der Waals surface area contributed by atoms with E-state index in [1.807, 2.05) is 0 Å². The Hall–Kier alpha value is -1.99. The Balaban J connectivity index is 2.92. The van der Waals surface area contributed by atoms with E-state index in [-0.39, 0.29) is 0 Å². The maximum absolute atomic E-state index is 12.3. The zero-order valence-corrected chi connectivity index (χ0v) is 9.49. The lowest BCUT2D eigenvalue weighted by Gasteiger charge is -2.19. The van der Waals surface area contributed by atoms with Crippen LogP contribution < -0.4 is 0 Å². The lowest BCUT2D eigenvalue weighted by Crippen LogP contribution is -2.40. The van der Waals surface area contributed by atoms with Crippen molar-refractivity contribution < 1.29 is 32.3 Å². The van der Waals surface area contributed by atoms with E-state index in [0.29, 0.717) is 12.3 Å². The van der Waals surface area contributed by atoms with Crippen LogP contribution in [0.5, 0.6) is 0 Å². The molecule has 1 rings (SSSR count). The number of carbonyl (C=O) groups excluding carboxylic acids is 1. The van der Waals surface area contributed by atoms with Crippen LogP contribution in [-0.4, -0.2) is 35.0 Å². The molecule has 100 valence electrons. The van der Waals surface area contributed by atoms with Crippen LogP contribution in [0.2, 0.25) is 0 Å². The number of nitrogens with zero attached hydrogens (tertiary/aromatic N) is 1. The second kappa shape index (κ2) is 4.71. The molecule has 0 radical (unpaired) electrons. The van der Waals surface area contributed by atoms with Crippen LogP contribution in [0.3, 0.4) is 0 Å². The van der Waals surface area contributed by atoms with Crippen LogP contribution >= 0.6 is 0 Å². The quantitative estimate of drug-likeness (QED) is 0.905. The normalized spacial score (nSPS) is 13.2. The molecule has 1 heterocycles. The van der Waals surface area contributed by atoms with Gasteiger partial charge >= 0.3 is 12.1 Å². The van der Waals surface area contributed by atoms with Gasteiger partial charge in [0.2, 0.25) is 0 Å². The van der Waals surface area contributed by atoms with E-state index in [1.54, 1.807) is 0 Å². The SMILES string of the molecule is CC(C(=O)O)N(C)C(=O)c1cc(C(F)(F)F)co1. The monoisotopic (exact) mass is 265 g/mol. The van der Waals surface area contributed by atoms with Gasteiger partial charge in [-0.15, -0.1) is 0 Å². The van der Waals surface area contributed by atoms with Crippen molar-refractivity contribution in [2.45, 2.75) is 19.1 Å². The summed E-state index contributed by atoms with van der Waals surface area (Å²) in [6.45, 7) is 1.23. The van der Waals surface area contributed by atoms with Crippen molar-refractivity contribution >= 4 is 11.9 Å². The van der Waals surface area contributed by atoms with Crippen LogP contribution in [0.25, 0.3) is 0 Å². The Morgan fingerprint density at radius 1 is 1.44 bits per heavy atom. The molecule has 0 aliphatic heterocycles. The van der Waals surface area contributed by atoms with Crippen molar-refractivity contribution in [2.75, 3.05) is 7.05 Å². The summed E-state index contributed by atoms with van der Waals surface area (Å²) in [6, 6.07) is -0.634. The number of hydrogen-bond donors (Lipinski definition) is 1. The van der Waals surface area contributed by atoms with Gasteiger partial charge in [0.05, 0.1) is 5.56 Å². The third-order valence-corrected chi connectivity index (χ3v) is 2.40. The highest BCUT2D eigenvalue weighted by atomic mass is 19.4. The molecular formula is C10H10F3NO4. The maximum atomic E-state index is 12.3. The number of hydrogen-bond acceptors (Lipinski definition) is 3. The number of likely N-dealkylation sites (N-methyl/N-ethyl adjacent to an activating group) is 1. The fourth-order valence-electron chi connectivity index (χ4n) is 1.11. The molecule has 1 N–H and O–H groups in total. The van der Waals surface area contributed by atoms with Crippen LogP contribution in [-0.2, 0) is 11.0 Å². The molecule has 1 unspecified atom stereocenters. The Labute approximate surface area is 99.8 Å². The number of carbonyl (C=O) groups is 2. The molecule has 0 aliphatic rings. The highest BCUT2D eigenvalue weighted by molar-refractivity contribution is 5.94. The number of aliphatic carboxylic acids is 1. The molecule has 0 aliphatic carbocycles. The summed E-state index contributed by atoms with van der Waals surface area (Å²) in [6.07, 6.45) is -4.20. The Kier molecular flexibility index (Phi) is 3.68. The molecule has 0 saturated carbocycles. The van der Waals surface area contributed by atoms with Crippen LogP contribution in [0.15, 0.2) is 16.7 Å². The van der Waals surface area contributed by atoms with Crippen molar-refractivity contribution in [1.29, 1.82) is 0 Å². The molecule has 5 nitrogen and oxygen atoms in total. The van der Waals surface area contributed by atoms with Gasteiger partial charge in [0, 0.05) is 13.1 Å². The van der Waals surface area contributed by atoms with Gasteiger partial charge in [0.25, 0.3) is 5.91 Å². The van der Waals surface area contributed by atoms with Gasteiger partial charge in [0.1, 0.15) is 12.3 Å². The van der Waals surface area contributed by atoms with E-state index in [1.165, 1.54) is 6.92 Å². The van der Waals surface area contributed by atoms with Crippen molar-refractivity contribution in [1.82, 2.24) is 4.90 Å². The second-order valence-electron chi connectivity index (χ2n) is 3.63. The number of alkyl halides is 3. The number of carboxylic acids is 1. The molecule has 1 aromatic rings. The predicted molar refractivity (Wildman–Crippen MR) is 52.9 cm³/mol. The fraction of sp³-hybridized carbons (Fsp3) is 0.400. The van der Waals surface area contributed by atoms with Crippen molar-refractivity contribution in [3.8, 4) is 0 Å². The summed E-state index contributed by atoms with van der Waals surface area (Å²) >= 11 is 0. The van der Waals surface area contributed by atoms with E-state index < -0.39 is 35.4 Å². The van der Waals surface area contributed by atoms with Gasteiger partial charge in [-0.05, 0) is 6.92 Å². The number of rotatable bonds is 3. The summed E-state index contributed by atoms with van der Waals surface area (Å²) in [5, 5.41) is 8.68. The molecule has 1 aromatic heterocycles. The first kappa shape index (κ1) is 14.1. The summed E-state index contributed by atoms with van der Waals surface area (Å²) in [4.78, 5) is 23.0. The molecular weight excluding hydrogens is 255 g/mol. The number of halogens is 3. The first-order valence-electron chi connectivity index (χ1n) is 4.80. The second-order valence-corrected chi connectivity index (χ2v) is 3.63. The van der Waals surface area contributed by atoms with Crippen molar-refractivity contribution in [3.63, 3.8) is 0 Å². The fourth-order valence-corrected chi connectivity index (χ4v) is 1.11. The molecule has 18 heavy (non-hydrogen) atoms. The van der Waals surface area contributed by atoms with Gasteiger partial charge in [-0.25, -0.2) is 4.79 Å². The molecule has 0 saturated heterocycles. The molecule has 1 amide bonds. The van der Waals surface area contributed by atoms with Gasteiger partial charge in [-0.1, -0.05) is 0 Å². The van der Waals surface area contributed by atoms with E-state index >= 15 is 0 Å². The van der Waals surface area contributed by atoms with E-state index in [4.69, 9.17) is 5.11 Å². The molecule has 1 atom stereocenters. The van der Waals surface area contributed by atoms with Crippen LogP contribution in [0, 0.1) is 0 Å². The Bertz CT molecular complexity index is 466. The van der Waals surface area contributed by atoms with Crippen LogP contribution in [0.4, 0.5) is 13.2 Å². The lowest BCUT2D eigenvalue weighted by molar-refractivity contribution is -0.141. The highest BCUT2D eigenvalue weighted by Crippen LogP contribution is 2.30. The minimum absolute atomic E-state index is 0.409. The Morgan fingerprint density at radius 3 is 2.39 bits per heavy atom. The van der Waals surface area contributed by atoms with Crippen LogP contribution in [0.1, 0.15) is 23.0 Å².